The maximum atomic E-state index is 12.8. The number of anilines is 2. The topological polar surface area (TPSA) is 92.8 Å². The van der Waals surface area contributed by atoms with E-state index in [0.29, 0.717) is 22.0 Å². The van der Waals surface area contributed by atoms with E-state index in [1.165, 1.54) is 31.2 Å². The molecule has 2 aromatic carbocycles. The lowest BCUT2D eigenvalue weighted by Gasteiger charge is -2.29. The van der Waals surface area contributed by atoms with E-state index in [4.69, 9.17) is 27.9 Å². The van der Waals surface area contributed by atoms with E-state index < -0.39 is 27.9 Å². The second kappa shape index (κ2) is 9.68. The molecule has 30 heavy (non-hydrogen) atoms. The first-order valence-corrected chi connectivity index (χ1v) is 11.6. The first-order valence-electron chi connectivity index (χ1n) is 8.98. The van der Waals surface area contributed by atoms with Gasteiger partial charge in [-0.25, -0.2) is 13.2 Å². The maximum Gasteiger partial charge on any atom is 0.339 e. The zero-order valence-electron chi connectivity index (χ0n) is 16.9. The number of hydrogen-bond donors (Lipinski definition) is 1. The van der Waals surface area contributed by atoms with Crippen molar-refractivity contribution in [2.45, 2.75) is 26.8 Å². The molecule has 0 aliphatic heterocycles. The Morgan fingerprint density at radius 3 is 2.40 bits per heavy atom. The second-order valence-electron chi connectivity index (χ2n) is 6.57. The van der Waals surface area contributed by atoms with Gasteiger partial charge in [0, 0.05) is 10.7 Å². The van der Waals surface area contributed by atoms with E-state index in [1.54, 1.807) is 26.0 Å². The Kier molecular flexibility index (Phi) is 7.74. The molecule has 162 valence electrons. The van der Waals surface area contributed by atoms with Crippen LogP contribution in [0.3, 0.4) is 0 Å². The third-order valence-electron chi connectivity index (χ3n) is 4.23. The number of rotatable bonds is 7. The number of carbonyl (C=O) groups is 2. The molecule has 0 fully saturated rings. The minimum Gasteiger partial charge on any atom is -0.462 e. The number of nitrogens with zero attached hydrogens (tertiary/aromatic N) is 1. The van der Waals surface area contributed by atoms with Gasteiger partial charge < -0.3 is 10.1 Å². The molecule has 0 saturated carbocycles. The SMILES string of the molecule is CCOC(=O)c1ccc(NC(=O)[C@H](C)N(c2cc(Cl)ccc2C)S(C)(=O)=O)cc1Cl. The molecule has 0 heterocycles. The van der Waals surface area contributed by atoms with Crippen LogP contribution in [0, 0.1) is 6.92 Å². The third kappa shape index (κ3) is 5.65. The number of ether oxygens (including phenoxy) is 1. The molecule has 0 radical (unpaired) electrons. The lowest BCUT2D eigenvalue weighted by Crippen LogP contribution is -2.45. The van der Waals surface area contributed by atoms with Gasteiger partial charge in [-0.3, -0.25) is 9.10 Å². The van der Waals surface area contributed by atoms with Crippen LogP contribution in [0.25, 0.3) is 0 Å². The van der Waals surface area contributed by atoms with Crippen molar-refractivity contribution in [2.75, 3.05) is 22.5 Å². The van der Waals surface area contributed by atoms with Gasteiger partial charge in [0.15, 0.2) is 0 Å². The summed E-state index contributed by atoms with van der Waals surface area (Å²) in [5.74, 6) is -1.16. The standard InChI is InChI=1S/C20H22Cl2N2O5S/c1-5-29-20(26)16-9-8-15(11-17(16)22)23-19(25)13(3)24(30(4,27)28)18-10-14(21)7-6-12(18)2/h6-11,13H,5H2,1-4H3,(H,23,25)/t13-/m0/s1. The largest absolute Gasteiger partial charge is 0.462 e. The van der Waals surface area contributed by atoms with Crippen molar-refractivity contribution >= 4 is 56.5 Å². The quantitative estimate of drug-likeness (QED) is 0.607. The van der Waals surface area contributed by atoms with Gasteiger partial charge in [0.2, 0.25) is 15.9 Å². The Bertz CT molecular complexity index is 1070. The highest BCUT2D eigenvalue weighted by Crippen LogP contribution is 2.29. The predicted octanol–water partition coefficient (Wildman–Crippen LogP) is 4.27. The minimum atomic E-state index is -3.80. The highest BCUT2D eigenvalue weighted by atomic mass is 35.5. The van der Waals surface area contributed by atoms with Gasteiger partial charge in [-0.2, -0.15) is 0 Å². The van der Waals surface area contributed by atoms with Gasteiger partial charge in [-0.05, 0) is 56.7 Å². The molecule has 0 saturated heterocycles. The normalized spacial score (nSPS) is 12.2. The first-order chi connectivity index (χ1) is 14.0. The van der Waals surface area contributed by atoms with Gasteiger partial charge in [0.1, 0.15) is 6.04 Å². The lowest BCUT2D eigenvalue weighted by atomic mass is 10.1. The van der Waals surface area contributed by atoms with Crippen LogP contribution in [0.4, 0.5) is 11.4 Å². The number of esters is 1. The van der Waals surface area contributed by atoms with Crippen LogP contribution >= 0.6 is 23.2 Å². The molecule has 1 atom stereocenters. The molecule has 0 aromatic heterocycles. The Hall–Kier alpha value is -2.29. The van der Waals surface area contributed by atoms with Crippen molar-refractivity contribution in [3.8, 4) is 0 Å². The van der Waals surface area contributed by atoms with E-state index in [1.807, 2.05) is 0 Å². The van der Waals surface area contributed by atoms with Crippen molar-refractivity contribution in [1.82, 2.24) is 0 Å². The molecule has 0 unspecified atom stereocenters. The monoisotopic (exact) mass is 472 g/mol. The average molecular weight is 473 g/mol. The third-order valence-corrected chi connectivity index (χ3v) is 6.00. The second-order valence-corrected chi connectivity index (χ2v) is 9.27. The number of aryl methyl sites for hydroxylation is 1. The van der Waals surface area contributed by atoms with E-state index >= 15 is 0 Å². The number of halogens is 2. The summed E-state index contributed by atoms with van der Waals surface area (Å²) in [5, 5.41) is 3.07. The Labute approximate surface area is 186 Å². The maximum absolute atomic E-state index is 12.8. The molecule has 0 aliphatic carbocycles. The zero-order valence-corrected chi connectivity index (χ0v) is 19.2. The zero-order chi connectivity index (χ0) is 22.6. The number of hydrogen-bond acceptors (Lipinski definition) is 5. The summed E-state index contributed by atoms with van der Waals surface area (Å²) in [7, 11) is -3.80. The lowest BCUT2D eigenvalue weighted by molar-refractivity contribution is -0.116. The van der Waals surface area contributed by atoms with Gasteiger partial charge in [0.25, 0.3) is 0 Å². The van der Waals surface area contributed by atoms with Crippen LogP contribution in [-0.2, 0) is 19.6 Å². The molecule has 0 bridgehead atoms. The number of amides is 1. The van der Waals surface area contributed by atoms with Gasteiger partial charge in [-0.1, -0.05) is 29.3 Å². The van der Waals surface area contributed by atoms with Crippen molar-refractivity contribution < 1.29 is 22.7 Å². The van der Waals surface area contributed by atoms with Crippen LogP contribution < -0.4 is 9.62 Å². The van der Waals surface area contributed by atoms with Crippen LogP contribution in [0.5, 0.6) is 0 Å². The summed E-state index contributed by atoms with van der Waals surface area (Å²) in [6.45, 7) is 5.07. The number of sulfonamides is 1. The molecule has 2 aromatic rings. The van der Waals surface area contributed by atoms with E-state index in [0.717, 1.165) is 10.6 Å². The summed E-state index contributed by atoms with van der Waals surface area (Å²) in [5.41, 5.74) is 1.42. The highest BCUT2D eigenvalue weighted by Gasteiger charge is 2.30. The molecule has 2 rings (SSSR count). The van der Waals surface area contributed by atoms with Gasteiger partial charge in [-0.15, -0.1) is 0 Å². The molecule has 1 N–H and O–H groups in total. The van der Waals surface area contributed by atoms with Gasteiger partial charge >= 0.3 is 5.97 Å². The summed E-state index contributed by atoms with van der Waals surface area (Å²) in [4.78, 5) is 24.7. The fraction of sp³-hybridized carbons (Fsp3) is 0.300. The number of benzene rings is 2. The first kappa shape index (κ1) is 24.0. The molecule has 7 nitrogen and oxygen atoms in total. The minimum absolute atomic E-state index is 0.101. The summed E-state index contributed by atoms with van der Waals surface area (Å²) in [6, 6.07) is 8.03. The smallest absolute Gasteiger partial charge is 0.339 e. The average Bonchev–Trinajstić information content (AvgIpc) is 2.63. The fourth-order valence-corrected chi connectivity index (χ4v) is 4.46. The summed E-state index contributed by atoms with van der Waals surface area (Å²) < 4.78 is 30.8. The van der Waals surface area contributed by atoms with Crippen LogP contribution in [0.1, 0.15) is 29.8 Å². The van der Waals surface area contributed by atoms with E-state index in [9.17, 15) is 18.0 Å². The Balaban J connectivity index is 2.31. The summed E-state index contributed by atoms with van der Waals surface area (Å²) in [6.07, 6.45) is 1.02. The van der Waals surface area contributed by atoms with Crippen LogP contribution in [0.15, 0.2) is 36.4 Å². The van der Waals surface area contributed by atoms with Crippen molar-refractivity contribution in [3.63, 3.8) is 0 Å². The molecule has 1 amide bonds. The van der Waals surface area contributed by atoms with Crippen LogP contribution in [0.2, 0.25) is 10.0 Å². The van der Waals surface area contributed by atoms with E-state index in [-0.39, 0.29) is 17.2 Å². The Morgan fingerprint density at radius 2 is 1.83 bits per heavy atom. The Morgan fingerprint density at radius 1 is 1.17 bits per heavy atom. The van der Waals surface area contributed by atoms with Crippen molar-refractivity contribution in [2.24, 2.45) is 0 Å². The highest BCUT2D eigenvalue weighted by molar-refractivity contribution is 7.92. The van der Waals surface area contributed by atoms with E-state index in [2.05, 4.69) is 5.32 Å². The molecule has 0 aliphatic rings. The summed E-state index contributed by atoms with van der Waals surface area (Å²) >= 11 is 12.1. The van der Waals surface area contributed by atoms with Crippen LogP contribution in [-0.4, -0.2) is 39.2 Å². The molecular formula is C20H22Cl2N2O5S. The number of carbonyl (C=O) groups excluding carboxylic acids is 2. The predicted molar refractivity (Wildman–Crippen MR) is 119 cm³/mol. The fourth-order valence-electron chi connectivity index (χ4n) is 2.81. The molecule has 0 spiro atoms. The number of nitrogens with one attached hydrogen (secondary N) is 1. The van der Waals surface area contributed by atoms with Crippen molar-refractivity contribution in [3.05, 3.63) is 57.6 Å². The van der Waals surface area contributed by atoms with Crippen molar-refractivity contribution in [1.29, 1.82) is 0 Å². The molecule has 10 heteroatoms. The molecular weight excluding hydrogens is 451 g/mol. The van der Waals surface area contributed by atoms with Gasteiger partial charge in [0.05, 0.1) is 29.1 Å².